The highest BCUT2D eigenvalue weighted by Crippen LogP contribution is 2.29. The van der Waals surface area contributed by atoms with Gasteiger partial charge in [-0.15, -0.1) is 0 Å². The second kappa shape index (κ2) is 9.86. The van der Waals surface area contributed by atoms with Crippen LogP contribution in [0, 0.1) is 0 Å². The lowest BCUT2D eigenvalue weighted by atomic mass is 9.87. The van der Waals surface area contributed by atoms with Crippen molar-refractivity contribution in [2.75, 3.05) is 19.0 Å². The number of anilines is 1. The van der Waals surface area contributed by atoms with Crippen LogP contribution < -0.4 is 14.8 Å². The third-order valence-corrected chi connectivity index (χ3v) is 3.91. The molecule has 29 heavy (non-hydrogen) atoms. The van der Waals surface area contributed by atoms with E-state index < -0.39 is 6.61 Å². The summed E-state index contributed by atoms with van der Waals surface area (Å²) in [6, 6.07) is 11.9. The van der Waals surface area contributed by atoms with E-state index in [0.717, 1.165) is 5.56 Å². The second-order valence-electron chi connectivity index (χ2n) is 7.17. The molecule has 0 atom stereocenters. The molecule has 0 aliphatic rings. The molecule has 0 radical (unpaired) electrons. The zero-order valence-corrected chi connectivity index (χ0v) is 16.7. The predicted molar refractivity (Wildman–Crippen MR) is 107 cm³/mol. The first-order chi connectivity index (χ1) is 13.7. The third-order valence-electron chi connectivity index (χ3n) is 3.91. The minimum absolute atomic E-state index is 0.0346. The van der Waals surface area contributed by atoms with E-state index in [1.807, 2.05) is 24.3 Å². The first-order valence-electron chi connectivity index (χ1n) is 8.87. The maximum Gasteiger partial charge on any atom is 0.387 e. The largest absolute Gasteiger partial charge is 0.493 e. The number of benzene rings is 2. The maximum absolute atomic E-state index is 12.3. The smallest absolute Gasteiger partial charge is 0.387 e. The van der Waals surface area contributed by atoms with Gasteiger partial charge in [0, 0.05) is 11.3 Å². The molecule has 0 aliphatic carbocycles. The summed E-state index contributed by atoms with van der Waals surface area (Å²) < 4.78 is 34.0. The van der Waals surface area contributed by atoms with E-state index in [2.05, 4.69) is 36.0 Å². The molecule has 0 fully saturated rings. The summed E-state index contributed by atoms with van der Waals surface area (Å²) in [5, 5.41) is 6.42. The molecular formula is C21H24F2N2O4. The molecule has 0 saturated carbocycles. The van der Waals surface area contributed by atoms with Gasteiger partial charge in [0.2, 0.25) is 0 Å². The number of amides is 1. The van der Waals surface area contributed by atoms with Crippen LogP contribution in [0.4, 0.5) is 14.5 Å². The van der Waals surface area contributed by atoms with Crippen LogP contribution in [0.15, 0.2) is 47.6 Å². The van der Waals surface area contributed by atoms with Gasteiger partial charge in [-0.05, 0) is 41.3 Å². The molecule has 1 N–H and O–H groups in total. The Hall–Kier alpha value is -3.16. The number of oxime groups is 1. The van der Waals surface area contributed by atoms with Gasteiger partial charge in [0.05, 0.1) is 13.3 Å². The Labute approximate surface area is 168 Å². The zero-order chi connectivity index (χ0) is 21.4. The summed E-state index contributed by atoms with van der Waals surface area (Å²) in [6.45, 7) is 3.11. The van der Waals surface area contributed by atoms with Crippen LogP contribution in [0.1, 0.15) is 31.9 Å². The lowest BCUT2D eigenvalue weighted by Gasteiger charge is -2.19. The molecule has 0 unspecified atom stereocenters. The number of nitrogens with zero attached hydrogens (tertiary/aromatic N) is 1. The molecule has 0 aliphatic heterocycles. The summed E-state index contributed by atoms with van der Waals surface area (Å²) in [5.41, 5.74) is 2.39. The number of methoxy groups -OCH3 is 1. The highest BCUT2D eigenvalue weighted by atomic mass is 19.3. The molecule has 156 valence electrons. The van der Waals surface area contributed by atoms with Crippen LogP contribution in [0.3, 0.4) is 0 Å². The number of hydrogen-bond acceptors (Lipinski definition) is 5. The van der Waals surface area contributed by atoms with Crippen molar-refractivity contribution >= 4 is 17.8 Å². The first kappa shape index (κ1) is 22.1. The van der Waals surface area contributed by atoms with Crippen molar-refractivity contribution in [3.63, 3.8) is 0 Å². The van der Waals surface area contributed by atoms with Crippen molar-refractivity contribution in [2.24, 2.45) is 5.16 Å². The topological polar surface area (TPSA) is 69.2 Å². The average molecular weight is 406 g/mol. The number of hydrogen-bond donors (Lipinski definition) is 1. The zero-order valence-electron chi connectivity index (χ0n) is 16.7. The number of carbonyl (C=O) groups is 1. The Morgan fingerprint density at radius 2 is 1.83 bits per heavy atom. The van der Waals surface area contributed by atoms with Crippen molar-refractivity contribution in [1.29, 1.82) is 0 Å². The highest BCUT2D eigenvalue weighted by Gasteiger charge is 2.13. The van der Waals surface area contributed by atoms with Gasteiger partial charge < -0.3 is 19.6 Å². The molecule has 0 saturated heterocycles. The van der Waals surface area contributed by atoms with E-state index in [9.17, 15) is 13.6 Å². The number of carbonyl (C=O) groups excluding carboxylic acids is 1. The molecule has 0 spiro atoms. The summed E-state index contributed by atoms with van der Waals surface area (Å²) in [4.78, 5) is 16.9. The van der Waals surface area contributed by atoms with Crippen LogP contribution in [0.5, 0.6) is 11.5 Å². The van der Waals surface area contributed by atoms with Crippen LogP contribution >= 0.6 is 0 Å². The van der Waals surface area contributed by atoms with Crippen LogP contribution in [0.2, 0.25) is 0 Å². The molecule has 6 nitrogen and oxygen atoms in total. The van der Waals surface area contributed by atoms with Gasteiger partial charge >= 0.3 is 6.61 Å². The maximum atomic E-state index is 12.3. The quantitative estimate of drug-likeness (QED) is 0.515. The lowest BCUT2D eigenvalue weighted by Crippen LogP contribution is -2.17. The summed E-state index contributed by atoms with van der Waals surface area (Å²) in [5.74, 6) is -0.313. The van der Waals surface area contributed by atoms with Crippen molar-refractivity contribution in [2.45, 2.75) is 32.8 Å². The van der Waals surface area contributed by atoms with Crippen LogP contribution in [0.25, 0.3) is 0 Å². The SMILES string of the molecule is COc1cc(/C=N\OCC(=O)Nc2ccc(C(C)(C)C)cc2)ccc1OC(F)F. The summed E-state index contributed by atoms with van der Waals surface area (Å²) in [6.07, 6.45) is 1.33. The van der Waals surface area contributed by atoms with E-state index in [-0.39, 0.29) is 29.4 Å². The molecule has 0 aromatic heterocycles. The van der Waals surface area contributed by atoms with Crippen molar-refractivity contribution < 1.29 is 27.9 Å². The fourth-order valence-corrected chi connectivity index (χ4v) is 2.40. The fraction of sp³-hybridized carbons (Fsp3) is 0.333. The monoisotopic (exact) mass is 406 g/mol. The normalized spacial score (nSPS) is 11.6. The van der Waals surface area contributed by atoms with Crippen molar-refractivity contribution in [3.8, 4) is 11.5 Å². The van der Waals surface area contributed by atoms with Crippen molar-refractivity contribution in [1.82, 2.24) is 0 Å². The van der Waals surface area contributed by atoms with Crippen LogP contribution in [-0.2, 0) is 15.0 Å². The minimum atomic E-state index is -2.95. The summed E-state index contributed by atoms with van der Waals surface area (Å²) >= 11 is 0. The van der Waals surface area contributed by atoms with E-state index in [4.69, 9.17) is 9.57 Å². The van der Waals surface area contributed by atoms with Gasteiger partial charge in [0.1, 0.15) is 0 Å². The van der Waals surface area contributed by atoms with Crippen molar-refractivity contribution in [3.05, 3.63) is 53.6 Å². The van der Waals surface area contributed by atoms with E-state index in [1.54, 1.807) is 0 Å². The Balaban J connectivity index is 1.86. The number of nitrogens with one attached hydrogen (secondary N) is 1. The number of halogens is 2. The van der Waals surface area contributed by atoms with E-state index >= 15 is 0 Å². The van der Waals surface area contributed by atoms with Gasteiger partial charge in [-0.25, -0.2) is 0 Å². The number of alkyl halides is 2. The molecule has 2 aromatic carbocycles. The standard InChI is InChI=1S/C21H24F2N2O4/c1-21(2,3)15-6-8-16(9-7-15)25-19(26)13-28-24-12-14-5-10-17(29-20(22)23)18(11-14)27-4/h5-12,20H,13H2,1-4H3,(H,25,26)/b24-12-. The Bertz CT molecular complexity index is 847. The van der Waals surface area contributed by atoms with Gasteiger partial charge in [-0.3, -0.25) is 4.79 Å². The molecular weight excluding hydrogens is 382 g/mol. The number of ether oxygens (including phenoxy) is 2. The molecule has 2 aromatic rings. The minimum Gasteiger partial charge on any atom is -0.493 e. The van der Waals surface area contributed by atoms with Gasteiger partial charge in [0.15, 0.2) is 18.1 Å². The molecule has 2 rings (SSSR count). The molecule has 1 amide bonds. The predicted octanol–water partition coefficient (Wildman–Crippen LogP) is 4.58. The number of rotatable bonds is 8. The summed E-state index contributed by atoms with van der Waals surface area (Å²) in [7, 11) is 1.34. The Morgan fingerprint density at radius 1 is 1.14 bits per heavy atom. The lowest BCUT2D eigenvalue weighted by molar-refractivity contribution is -0.120. The molecule has 0 bridgehead atoms. The first-order valence-corrected chi connectivity index (χ1v) is 8.87. The van der Waals surface area contributed by atoms with Gasteiger partial charge in [-0.2, -0.15) is 8.78 Å². The van der Waals surface area contributed by atoms with E-state index in [1.165, 1.54) is 31.5 Å². The van der Waals surface area contributed by atoms with Gasteiger partial charge in [0.25, 0.3) is 5.91 Å². The Morgan fingerprint density at radius 3 is 2.41 bits per heavy atom. The van der Waals surface area contributed by atoms with E-state index in [0.29, 0.717) is 11.3 Å². The molecule has 0 heterocycles. The molecule has 8 heteroatoms. The van der Waals surface area contributed by atoms with Crippen LogP contribution in [-0.4, -0.2) is 32.4 Å². The second-order valence-corrected chi connectivity index (χ2v) is 7.17. The Kier molecular flexibility index (Phi) is 7.52. The highest BCUT2D eigenvalue weighted by molar-refractivity contribution is 5.91. The third kappa shape index (κ3) is 7.06. The average Bonchev–Trinajstić information content (AvgIpc) is 2.65. The fourth-order valence-electron chi connectivity index (χ4n) is 2.40. The van der Waals surface area contributed by atoms with Gasteiger partial charge in [-0.1, -0.05) is 38.1 Å².